The smallest absolute Gasteiger partial charge is 0.135 e. The number of aliphatic hydroxyl groups is 2. The van der Waals surface area contributed by atoms with Gasteiger partial charge in [0.15, 0.2) is 0 Å². The summed E-state index contributed by atoms with van der Waals surface area (Å²) in [4.78, 5) is 12.2. The van der Waals surface area contributed by atoms with E-state index < -0.39 is 11.2 Å². The van der Waals surface area contributed by atoms with E-state index in [9.17, 15) is 15.0 Å². The van der Waals surface area contributed by atoms with Gasteiger partial charge in [0, 0.05) is 11.8 Å². The van der Waals surface area contributed by atoms with Gasteiger partial charge in [-0.15, -0.1) is 0 Å². The van der Waals surface area contributed by atoms with Crippen LogP contribution in [0.4, 0.5) is 0 Å². The summed E-state index contributed by atoms with van der Waals surface area (Å²) in [5.41, 5.74) is -2.00. The summed E-state index contributed by atoms with van der Waals surface area (Å²) in [6.45, 7) is 11.8. The van der Waals surface area contributed by atoms with E-state index in [-0.39, 0.29) is 16.6 Å². The van der Waals surface area contributed by atoms with Crippen LogP contribution >= 0.6 is 0 Å². The molecule has 3 atom stereocenters. The SMILES string of the molecule is CC(=O)C1(C)CCCCCC(C)(O)CC(C)(O)CC(C)(C)CC1. The Bertz CT molecular complexity index is 409. The molecule has 1 aliphatic rings. The van der Waals surface area contributed by atoms with Crippen LogP contribution in [-0.2, 0) is 4.79 Å². The Balaban J connectivity index is 2.97. The summed E-state index contributed by atoms with van der Waals surface area (Å²) in [6.07, 6.45) is 7.49. The van der Waals surface area contributed by atoms with Gasteiger partial charge < -0.3 is 10.2 Å². The van der Waals surface area contributed by atoms with E-state index >= 15 is 0 Å². The molecule has 0 aromatic carbocycles. The van der Waals surface area contributed by atoms with Crippen LogP contribution in [0.3, 0.4) is 0 Å². The highest BCUT2D eigenvalue weighted by molar-refractivity contribution is 5.81. The first-order valence-corrected chi connectivity index (χ1v) is 9.23. The number of hydrogen-bond acceptors (Lipinski definition) is 3. The molecule has 3 heteroatoms. The summed E-state index contributed by atoms with van der Waals surface area (Å²) < 4.78 is 0. The third kappa shape index (κ3) is 6.93. The van der Waals surface area contributed by atoms with Crippen LogP contribution in [-0.4, -0.2) is 27.2 Å². The van der Waals surface area contributed by atoms with E-state index in [2.05, 4.69) is 20.8 Å². The summed E-state index contributed by atoms with van der Waals surface area (Å²) in [6, 6.07) is 0. The van der Waals surface area contributed by atoms with Crippen molar-refractivity contribution >= 4 is 5.78 Å². The highest BCUT2D eigenvalue weighted by Gasteiger charge is 2.39. The Kier molecular flexibility index (Phi) is 6.48. The molecule has 1 saturated carbocycles. The molecule has 136 valence electrons. The van der Waals surface area contributed by atoms with Crippen molar-refractivity contribution in [3.8, 4) is 0 Å². The highest BCUT2D eigenvalue weighted by atomic mass is 16.3. The van der Waals surface area contributed by atoms with Gasteiger partial charge in [0.05, 0.1) is 11.2 Å². The summed E-state index contributed by atoms with van der Waals surface area (Å²) in [5, 5.41) is 21.4. The fourth-order valence-electron chi connectivity index (χ4n) is 4.38. The number of carbonyl (C=O) groups is 1. The highest BCUT2D eigenvalue weighted by Crippen LogP contribution is 2.42. The zero-order valence-electron chi connectivity index (χ0n) is 16.2. The van der Waals surface area contributed by atoms with E-state index in [1.165, 1.54) is 0 Å². The maximum absolute atomic E-state index is 12.2. The quantitative estimate of drug-likeness (QED) is 0.738. The summed E-state index contributed by atoms with van der Waals surface area (Å²) >= 11 is 0. The molecular formula is C20H38O3. The van der Waals surface area contributed by atoms with E-state index in [1.54, 1.807) is 6.92 Å². The lowest BCUT2D eigenvalue weighted by molar-refractivity contribution is -0.127. The normalized spacial score (nSPS) is 40.5. The number of ketones is 1. The predicted molar refractivity (Wildman–Crippen MR) is 95.4 cm³/mol. The number of carbonyl (C=O) groups excluding carboxylic acids is 1. The topological polar surface area (TPSA) is 57.5 Å². The van der Waals surface area contributed by atoms with E-state index in [0.717, 1.165) is 38.5 Å². The third-order valence-corrected chi connectivity index (χ3v) is 5.77. The van der Waals surface area contributed by atoms with Gasteiger partial charge in [0.2, 0.25) is 0 Å². The van der Waals surface area contributed by atoms with Gasteiger partial charge in [-0.05, 0) is 58.3 Å². The molecule has 0 saturated heterocycles. The zero-order valence-corrected chi connectivity index (χ0v) is 16.2. The second-order valence-corrected chi connectivity index (χ2v) is 9.69. The van der Waals surface area contributed by atoms with Crippen molar-refractivity contribution in [2.75, 3.05) is 0 Å². The van der Waals surface area contributed by atoms with Crippen molar-refractivity contribution in [3.05, 3.63) is 0 Å². The van der Waals surface area contributed by atoms with E-state index in [4.69, 9.17) is 0 Å². The Morgan fingerprint density at radius 3 is 1.87 bits per heavy atom. The first kappa shape index (κ1) is 20.6. The first-order valence-electron chi connectivity index (χ1n) is 9.23. The van der Waals surface area contributed by atoms with Crippen LogP contribution in [0, 0.1) is 10.8 Å². The molecule has 1 fully saturated rings. The predicted octanol–water partition coefficient (Wildman–Crippen LogP) is 4.63. The number of Topliss-reactive ketones (excluding diaryl/α,β-unsaturated/α-hetero) is 1. The molecule has 0 amide bonds. The van der Waals surface area contributed by atoms with Crippen molar-refractivity contribution < 1.29 is 15.0 Å². The molecule has 2 N–H and O–H groups in total. The Hall–Kier alpha value is -0.410. The molecule has 3 nitrogen and oxygen atoms in total. The van der Waals surface area contributed by atoms with E-state index in [0.29, 0.717) is 19.3 Å². The zero-order chi connectivity index (χ0) is 17.9. The lowest BCUT2D eigenvalue weighted by Crippen LogP contribution is -2.40. The van der Waals surface area contributed by atoms with Crippen molar-refractivity contribution in [2.24, 2.45) is 10.8 Å². The molecule has 0 aliphatic heterocycles. The van der Waals surface area contributed by atoms with Crippen molar-refractivity contribution in [3.63, 3.8) is 0 Å². The van der Waals surface area contributed by atoms with Gasteiger partial charge in [0.25, 0.3) is 0 Å². The third-order valence-electron chi connectivity index (χ3n) is 5.77. The molecule has 1 rings (SSSR count). The monoisotopic (exact) mass is 326 g/mol. The van der Waals surface area contributed by atoms with Gasteiger partial charge >= 0.3 is 0 Å². The van der Waals surface area contributed by atoms with Crippen LogP contribution < -0.4 is 0 Å². The molecule has 0 bridgehead atoms. The van der Waals surface area contributed by atoms with Crippen molar-refractivity contribution in [1.29, 1.82) is 0 Å². The number of rotatable bonds is 1. The van der Waals surface area contributed by atoms with Gasteiger partial charge in [0.1, 0.15) is 5.78 Å². The minimum Gasteiger partial charge on any atom is -0.390 e. The Morgan fingerprint density at radius 2 is 1.30 bits per heavy atom. The molecule has 1 aliphatic carbocycles. The summed E-state index contributed by atoms with van der Waals surface area (Å²) in [7, 11) is 0. The Labute approximate surface area is 142 Å². The lowest BCUT2D eigenvalue weighted by Gasteiger charge is -2.39. The maximum Gasteiger partial charge on any atom is 0.135 e. The average Bonchev–Trinajstić information content (AvgIpc) is 2.32. The van der Waals surface area contributed by atoms with Crippen LogP contribution in [0.25, 0.3) is 0 Å². The van der Waals surface area contributed by atoms with Crippen LogP contribution in [0.1, 0.15) is 99.3 Å². The molecule has 3 unspecified atom stereocenters. The molecule has 0 heterocycles. The van der Waals surface area contributed by atoms with Crippen molar-refractivity contribution in [2.45, 2.75) is 111 Å². The minimum atomic E-state index is -0.881. The number of hydrogen-bond donors (Lipinski definition) is 2. The fraction of sp³-hybridized carbons (Fsp3) is 0.950. The summed E-state index contributed by atoms with van der Waals surface area (Å²) in [5.74, 6) is 0.280. The largest absolute Gasteiger partial charge is 0.390 e. The fourth-order valence-corrected chi connectivity index (χ4v) is 4.38. The maximum atomic E-state index is 12.2. The molecule has 0 aromatic rings. The second kappa shape index (κ2) is 7.23. The second-order valence-electron chi connectivity index (χ2n) is 9.69. The molecule has 0 aromatic heterocycles. The van der Waals surface area contributed by atoms with Gasteiger partial charge in [-0.1, -0.05) is 40.0 Å². The van der Waals surface area contributed by atoms with Gasteiger partial charge in [-0.25, -0.2) is 0 Å². The van der Waals surface area contributed by atoms with E-state index in [1.807, 2.05) is 13.8 Å². The minimum absolute atomic E-state index is 0.0512. The average molecular weight is 327 g/mol. The van der Waals surface area contributed by atoms with Crippen LogP contribution in [0.5, 0.6) is 0 Å². The van der Waals surface area contributed by atoms with Crippen LogP contribution in [0.2, 0.25) is 0 Å². The lowest BCUT2D eigenvalue weighted by atomic mass is 9.69. The molecule has 0 spiro atoms. The first-order chi connectivity index (χ1) is 10.3. The van der Waals surface area contributed by atoms with Crippen molar-refractivity contribution in [1.82, 2.24) is 0 Å². The molecular weight excluding hydrogens is 288 g/mol. The molecule has 0 radical (unpaired) electrons. The van der Waals surface area contributed by atoms with Gasteiger partial charge in [-0.2, -0.15) is 0 Å². The Morgan fingerprint density at radius 1 is 0.739 bits per heavy atom. The van der Waals surface area contributed by atoms with Gasteiger partial charge in [-0.3, -0.25) is 4.79 Å². The van der Waals surface area contributed by atoms with Crippen LogP contribution in [0.15, 0.2) is 0 Å². The molecule has 23 heavy (non-hydrogen) atoms. The standard InChI is InChI=1S/C20H38O3/c1-16(21)18(4)10-8-7-9-11-19(5,22)15-20(6,23)14-17(2,3)12-13-18/h22-23H,7-15H2,1-6H3.